The minimum absolute atomic E-state index is 0.688. The Morgan fingerprint density at radius 1 is 1.44 bits per heavy atom. The standard InChI is InChI=1S/C11H12N4OS2/c1-16-10-9(15-2-3-18-11(15)14-10)5-12-4-8-6-17-7-13-8/h2-3,6-7,12H,4-5H2,1H3. The second-order valence-corrected chi connectivity index (χ2v) is 5.30. The molecule has 0 spiro atoms. The maximum absolute atomic E-state index is 5.30. The second kappa shape index (κ2) is 5.05. The first kappa shape index (κ1) is 11.6. The highest BCUT2D eigenvalue weighted by Gasteiger charge is 2.12. The Balaban J connectivity index is 1.74. The van der Waals surface area contributed by atoms with Crippen molar-refractivity contribution in [2.75, 3.05) is 7.11 Å². The van der Waals surface area contributed by atoms with Crippen molar-refractivity contribution in [3.8, 4) is 5.88 Å². The van der Waals surface area contributed by atoms with Crippen LogP contribution in [0.4, 0.5) is 0 Å². The summed E-state index contributed by atoms with van der Waals surface area (Å²) in [7, 11) is 1.65. The number of fused-ring (bicyclic) bond motifs is 1. The van der Waals surface area contributed by atoms with E-state index in [4.69, 9.17) is 4.74 Å². The molecule has 0 aromatic carbocycles. The number of rotatable bonds is 5. The maximum atomic E-state index is 5.30. The molecule has 94 valence electrons. The van der Waals surface area contributed by atoms with E-state index in [-0.39, 0.29) is 0 Å². The van der Waals surface area contributed by atoms with Crippen LogP contribution in [0.2, 0.25) is 0 Å². The van der Waals surface area contributed by atoms with Gasteiger partial charge in [0.2, 0.25) is 5.88 Å². The Hall–Kier alpha value is -1.44. The molecule has 0 fully saturated rings. The summed E-state index contributed by atoms with van der Waals surface area (Å²) in [6.45, 7) is 1.46. The molecule has 7 heteroatoms. The van der Waals surface area contributed by atoms with Gasteiger partial charge in [0.15, 0.2) is 4.96 Å². The first-order valence-electron chi connectivity index (χ1n) is 5.44. The Bertz CT molecular complexity index is 629. The summed E-state index contributed by atoms with van der Waals surface area (Å²) in [6.07, 6.45) is 2.01. The highest BCUT2D eigenvalue weighted by molar-refractivity contribution is 7.15. The summed E-state index contributed by atoms with van der Waals surface area (Å²) >= 11 is 3.21. The summed E-state index contributed by atoms with van der Waals surface area (Å²) in [4.78, 5) is 9.60. The lowest BCUT2D eigenvalue weighted by Gasteiger charge is -2.04. The third kappa shape index (κ3) is 2.12. The molecule has 3 rings (SSSR count). The molecule has 0 saturated heterocycles. The molecule has 0 atom stereocenters. The highest BCUT2D eigenvalue weighted by Crippen LogP contribution is 2.22. The van der Waals surface area contributed by atoms with Gasteiger partial charge in [-0.25, -0.2) is 4.98 Å². The quantitative estimate of drug-likeness (QED) is 0.778. The summed E-state index contributed by atoms with van der Waals surface area (Å²) in [6, 6.07) is 0. The van der Waals surface area contributed by atoms with Crippen LogP contribution in [0.15, 0.2) is 22.5 Å². The Kier molecular flexibility index (Phi) is 3.26. The minimum Gasteiger partial charge on any atom is -0.480 e. The molecule has 18 heavy (non-hydrogen) atoms. The van der Waals surface area contributed by atoms with Crippen LogP contribution < -0.4 is 10.1 Å². The Labute approximate surface area is 112 Å². The van der Waals surface area contributed by atoms with Crippen LogP contribution in [-0.4, -0.2) is 21.5 Å². The van der Waals surface area contributed by atoms with Crippen molar-refractivity contribution in [2.45, 2.75) is 13.1 Å². The molecule has 0 aliphatic heterocycles. The van der Waals surface area contributed by atoms with E-state index < -0.39 is 0 Å². The van der Waals surface area contributed by atoms with Gasteiger partial charge < -0.3 is 10.1 Å². The molecule has 0 unspecified atom stereocenters. The van der Waals surface area contributed by atoms with Crippen molar-refractivity contribution in [3.05, 3.63) is 33.9 Å². The molecular formula is C11H12N4OS2. The third-order valence-electron chi connectivity index (χ3n) is 2.60. The number of hydrogen-bond acceptors (Lipinski definition) is 6. The third-order valence-corrected chi connectivity index (χ3v) is 3.99. The zero-order valence-electron chi connectivity index (χ0n) is 9.79. The van der Waals surface area contributed by atoms with E-state index in [1.165, 1.54) is 0 Å². The van der Waals surface area contributed by atoms with Crippen LogP contribution >= 0.6 is 22.7 Å². The van der Waals surface area contributed by atoms with Gasteiger partial charge in [0.05, 0.1) is 18.3 Å². The number of aromatic nitrogens is 3. The topological polar surface area (TPSA) is 51.5 Å². The molecule has 0 bridgehead atoms. The molecule has 5 nitrogen and oxygen atoms in total. The zero-order valence-corrected chi connectivity index (χ0v) is 11.4. The van der Waals surface area contributed by atoms with Gasteiger partial charge in [-0.3, -0.25) is 4.40 Å². The molecule has 0 aliphatic carbocycles. The van der Waals surface area contributed by atoms with Crippen LogP contribution in [0.5, 0.6) is 5.88 Å². The zero-order chi connectivity index (χ0) is 12.4. The van der Waals surface area contributed by atoms with Crippen molar-refractivity contribution in [1.82, 2.24) is 19.7 Å². The normalized spacial score (nSPS) is 11.2. The molecule has 0 aliphatic rings. The van der Waals surface area contributed by atoms with Crippen LogP contribution in [0.25, 0.3) is 4.96 Å². The maximum Gasteiger partial charge on any atom is 0.237 e. The van der Waals surface area contributed by atoms with Gasteiger partial charge in [-0.2, -0.15) is 4.98 Å². The monoisotopic (exact) mass is 280 g/mol. The summed E-state index contributed by atoms with van der Waals surface area (Å²) in [5, 5.41) is 7.42. The van der Waals surface area contributed by atoms with E-state index in [0.717, 1.165) is 22.9 Å². The summed E-state index contributed by atoms with van der Waals surface area (Å²) < 4.78 is 7.35. The fraction of sp³-hybridized carbons (Fsp3) is 0.273. The van der Waals surface area contributed by atoms with Crippen molar-refractivity contribution in [3.63, 3.8) is 0 Å². The van der Waals surface area contributed by atoms with Gasteiger partial charge >= 0.3 is 0 Å². The number of hydrogen-bond donors (Lipinski definition) is 1. The predicted molar refractivity (Wildman–Crippen MR) is 72.3 cm³/mol. The Morgan fingerprint density at radius 3 is 3.17 bits per heavy atom. The van der Waals surface area contributed by atoms with Crippen molar-refractivity contribution >= 4 is 27.6 Å². The predicted octanol–water partition coefficient (Wildman–Crippen LogP) is 2.15. The lowest BCUT2D eigenvalue weighted by Crippen LogP contribution is -2.14. The second-order valence-electron chi connectivity index (χ2n) is 3.71. The number of ether oxygens (including phenoxy) is 1. The number of nitrogens with one attached hydrogen (secondary N) is 1. The fourth-order valence-electron chi connectivity index (χ4n) is 1.77. The van der Waals surface area contributed by atoms with E-state index in [0.29, 0.717) is 12.4 Å². The molecule has 1 N–H and O–H groups in total. The van der Waals surface area contributed by atoms with Gasteiger partial charge in [0.1, 0.15) is 5.69 Å². The van der Waals surface area contributed by atoms with E-state index in [1.807, 2.05) is 22.5 Å². The minimum atomic E-state index is 0.688. The lowest BCUT2D eigenvalue weighted by molar-refractivity contribution is 0.392. The van der Waals surface area contributed by atoms with Crippen molar-refractivity contribution < 1.29 is 4.74 Å². The summed E-state index contributed by atoms with van der Waals surface area (Å²) in [5.74, 6) is 0.688. The summed E-state index contributed by atoms with van der Waals surface area (Å²) in [5.41, 5.74) is 3.95. The molecule has 0 radical (unpaired) electrons. The van der Waals surface area contributed by atoms with Crippen molar-refractivity contribution in [1.29, 1.82) is 0 Å². The molecule has 0 amide bonds. The number of nitrogens with zero attached hydrogens (tertiary/aromatic N) is 3. The molecular weight excluding hydrogens is 268 g/mol. The van der Waals surface area contributed by atoms with Crippen LogP contribution in [-0.2, 0) is 13.1 Å². The van der Waals surface area contributed by atoms with Crippen LogP contribution in [0, 0.1) is 0 Å². The van der Waals surface area contributed by atoms with Crippen LogP contribution in [0.1, 0.15) is 11.4 Å². The van der Waals surface area contributed by atoms with E-state index in [1.54, 1.807) is 29.8 Å². The first-order chi connectivity index (χ1) is 8.88. The smallest absolute Gasteiger partial charge is 0.237 e. The number of thiazole rings is 2. The fourth-order valence-corrected chi connectivity index (χ4v) is 3.05. The van der Waals surface area contributed by atoms with Crippen LogP contribution in [0.3, 0.4) is 0 Å². The molecule has 3 aromatic rings. The molecule has 3 heterocycles. The van der Waals surface area contributed by atoms with Gasteiger partial charge in [-0.05, 0) is 0 Å². The van der Waals surface area contributed by atoms with Gasteiger partial charge in [0, 0.05) is 30.0 Å². The SMILES string of the molecule is COc1nc2sccn2c1CNCc1cscn1. The number of methoxy groups -OCH3 is 1. The van der Waals surface area contributed by atoms with E-state index >= 15 is 0 Å². The lowest BCUT2D eigenvalue weighted by atomic mass is 10.4. The van der Waals surface area contributed by atoms with Gasteiger partial charge in [-0.15, -0.1) is 22.7 Å². The average molecular weight is 280 g/mol. The van der Waals surface area contributed by atoms with E-state index in [2.05, 4.69) is 19.7 Å². The molecule has 3 aromatic heterocycles. The van der Waals surface area contributed by atoms with E-state index in [9.17, 15) is 0 Å². The van der Waals surface area contributed by atoms with Crippen molar-refractivity contribution in [2.24, 2.45) is 0 Å². The first-order valence-corrected chi connectivity index (χ1v) is 7.27. The van der Waals surface area contributed by atoms with Gasteiger partial charge in [-0.1, -0.05) is 0 Å². The Morgan fingerprint density at radius 2 is 2.39 bits per heavy atom. The van der Waals surface area contributed by atoms with Gasteiger partial charge in [0.25, 0.3) is 0 Å². The average Bonchev–Trinajstić information content (AvgIpc) is 3.06. The largest absolute Gasteiger partial charge is 0.480 e. The highest BCUT2D eigenvalue weighted by atomic mass is 32.1. The number of imidazole rings is 1. The molecule has 0 saturated carbocycles.